The monoisotopic (exact) mass is 206 g/mol. The highest BCUT2D eigenvalue weighted by Gasteiger charge is 2.00. The second-order valence-electron chi connectivity index (χ2n) is 1.04. The quantitative estimate of drug-likeness (QED) is 0.577. The highest BCUT2D eigenvalue weighted by Crippen LogP contribution is 2.35. The van der Waals surface area contributed by atoms with Crippen molar-refractivity contribution < 1.29 is 28.3 Å². The average molecular weight is 206 g/mol. The molecular weight excluding hydrogens is 194 g/mol. The van der Waals surface area contributed by atoms with Crippen LogP contribution in [0.15, 0.2) is 0 Å². The van der Waals surface area contributed by atoms with Gasteiger partial charge in [-0.2, -0.15) is 0 Å². The van der Waals surface area contributed by atoms with Gasteiger partial charge in [-0.1, -0.05) is 0 Å². The van der Waals surface area contributed by atoms with Crippen LogP contribution in [-0.4, -0.2) is 36.0 Å². The fraction of sp³-hybridized carbons (Fsp3) is 1.00. The zero-order valence-corrected chi connectivity index (χ0v) is 8.25. The largest absolute Gasteiger partial charge is 0.331 e. The first-order chi connectivity index (χ1) is 5.08. The van der Waals surface area contributed by atoms with E-state index in [1.165, 1.54) is 0 Å². The molecule has 6 nitrogen and oxygen atoms in total. The van der Waals surface area contributed by atoms with E-state index in [0.717, 1.165) is 0 Å². The molecule has 0 spiro atoms. The second-order valence-corrected chi connectivity index (χ2v) is 3.12. The third-order valence-electron chi connectivity index (χ3n) is 0.447. The van der Waals surface area contributed by atoms with Crippen LogP contribution in [0.5, 0.6) is 0 Å². The van der Waals surface area contributed by atoms with E-state index in [-0.39, 0.29) is 0 Å². The van der Waals surface area contributed by atoms with Gasteiger partial charge in [-0.05, 0) is 0 Å². The predicted octanol–water partition coefficient (Wildman–Crippen LogP) is 0.343. The van der Waals surface area contributed by atoms with Gasteiger partial charge >= 0.3 is 17.2 Å². The molecule has 0 atom stereocenters. The van der Waals surface area contributed by atoms with E-state index in [2.05, 4.69) is 13.6 Å². The van der Waals surface area contributed by atoms with Crippen molar-refractivity contribution >= 4 is 17.2 Å². The highest BCUT2D eigenvalue weighted by atomic mass is 31.2. The molecule has 0 heterocycles. The Kier molecular flexibility index (Phi) is 13.7. The summed E-state index contributed by atoms with van der Waals surface area (Å²) < 4.78 is 14.0. The zero-order chi connectivity index (χ0) is 9.28. The lowest BCUT2D eigenvalue weighted by molar-refractivity contribution is 0.239. The van der Waals surface area contributed by atoms with Crippen molar-refractivity contribution in [2.45, 2.75) is 0 Å². The van der Waals surface area contributed by atoms with Gasteiger partial charge in [-0.25, -0.2) is 0 Å². The normalized spacial score (nSPS) is 9.82. The van der Waals surface area contributed by atoms with Crippen LogP contribution in [0.4, 0.5) is 0 Å². The Morgan fingerprint density at radius 1 is 0.818 bits per heavy atom. The molecule has 0 amide bonds. The molecule has 0 saturated heterocycles. The van der Waals surface area contributed by atoms with E-state index in [4.69, 9.17) is 14.7 Å². The van der Waals surface area contributed by atoms with E-state index in [1.807, 2.05) is 0 Å². The minimum atomic E-state index is -2.62. The summed E-state index contributed by atoms with van der Waals surface area (Å²) in [6, 6.07) is 0. The fourth-order valence-corrected chi connectivity index (χ4v) is 0.671. The van der Waals surface area contributed by atoms with Crippen molar-refractivity contribution in [3.8, 4) is 0 Å². The summed E-state index contributed by atoms with van der Waals surface area (Å²) in [4.78, 5) is 21.7. The van der Waals surface area contributed by atoms with Crippen molar-refractivity contribution in [3.05, 3.63) is 0 Å². The molecule has 0 aliphatic rings. The minimum absolute atomic E-state index is 1.05. The van der Waals surface area contributed by atoms with Crippen LogP contribution in [0.1, 0.15) is 0 Å². The summed E-state index contributed by atoms with van der Waals surface area (Å²) in [6.45, 7) is 0. The third kappa shape index (κ3) is 18.0. The molecule has 0 radical (unpaired) electrons. The Labute approximate surface area is 67.7 Å². The van der Waals surface area contributed by atoms with Crippen LogP contribution in [0.3, 0.4) is 0 Å². The van der Waals surface area contributed by atoms with Crippen molar-refractivity contribution in [2.24, 2.45) is 0 Å². The lowest BCUT2D eigenvalue weighted by Crippen LogP contribution is -1.81. The van der Waals surface area contributed by atoms with E-state index < -0.39 is 17.2 Å². The summed E-state index contributed by atoms with van der Waals surface area (Å²) in [6.07, 6.45) is 0. The Balaban J connectivity index is 0. The molecule has 11 heavy (non-hydrogen) atoms. The summed E-state index contributed by atoms with van der Waals surface area (Å²) in [5.41, 5.74) is 0. The number of hydrogen-bond donors (Lipinski definition) is 3. The van der Waals surface area contributed by atoms with Gasteiger partial charge in [0.05, 0.1) is 0 Å². The van der Waals surface area contributed by atoms with E-state index >= 15 is 0 Å². The standard InChI is InChI=1S/C3H9O3P.H3O3P/c1-4-7(5-2)6-3;1-4(2)3/h1-3H3;1-3H. The van der Waals surface area contributed by atoms with Crippen LogP contribution in [0.25, 0.3) is 0 Å². The average Bonchev–Trinajstić information content (AvgIpc) is 1.90. The molecule has 3 N–H and O–H groups in total. The molecular formula is C3H12O6P2. The topological polar surface area (TPSA) is 88.4 Å². The Bertz CT molecular complexity index is 58.6. The summed E-state index contributed by atoms with van der Waals surface area (Å²) in [5.74, 6) is 0. The molecule has 0 rings (SSSR count). The maximum absolute atomic E-state index is 7.23. The maximum Gasteiger partial charge on any atom is 0.331 e. The van der Waals surface area contributed by atoms with Gasteiger partial charge in [-0.3, -0.25) is 0 Å². The smallest absolute Gasteiger partial charge is 0.328 e. The Morgan fingerprint density at radius 3 is 1.00 bits per heavy atom. The molecule has 0 aliphatic heterocycles. The molecule has 0 bridgehead atoms. The van der Waals surface area contributed by atoms with Gasteiger partial charge in [-0.15, -0.1) is 0 Å². The van der Waals surface area contributed by atoms with E-state index in [9.17, 15) is 0 Å². The number of hydrogen-bond acceptors (Lipinski definition) is 6. The van der Waals surface area contributed by atoms with Crippen molar-refractivity contribution in [2.75, 3.05) is 21.3 Å². The van der Waals surface area contributed by atoms with Gasteiger partial charge in [0.15, 0.2) is 0 Å². The van der Waals surface area contributed by atoms with Gasteiger partial charge < -0.3 is 28.3 Å². The van der Waals surface area contributed by atoms with Crippen molar-refractivity contribution in [1.82, 2.24) is 0 Å². The lowest BCUT2D eigenvalue weighted by Gasteiger charge is -2.05. The van der Waals surface area contributed by atoms with Crippen LogP contribution < -0.4 is 0 Å². The summed E-state index contributed by atoms with van der Waals surface area (Å²) >= 11 is 0. The maximum atomic E-state index is 7.23. The third-order valence-corrected chi connectivity index (χ3v) is 1.34. The number of rotatable bonds is 3. The fourth-order valence-electron chi connectivity index (χ4n) is 0.224. The van der Waals surface area contributed by atoms with Crippen LogP contribution in [0.2, 0.25) is 0 Å². The molecule has 70 valence electrons. The molecule has 0 aromatic heterocycles. The molecule has 0 aliphatic carbocycles. The second kappa shape index (κ2) is 10.6. The van der Waals surface area contributed by atoms with Gasteiger partial charge in [0, 0.05) is 21.3 Å². The van der Waals surface area contributed by atoms with Crippen LogP contribution in [-0.2, 0) is 13.6 Å². The molecule has 0 saturated carbocycles. The predicted molar refractivity (Wildman–Crippen MR) is 41.5 cm³/mol. The highest BCUT2D eigenvalue weighted by molar-refractivity contribution is 7.41. The van der Waals surface area contributed by atoms with E-state index in [1.54, 1.807) is 21.3 Å². The van der Waals surface area contributed by atoms with Gasteiger partial charge in [0.1, 0.15) is 0 Å². The zero-order valence-electron chi connectivity index (χ0n) is 6.46. The minimum Gasteiger partial charge on any atom is -0.328 e. The molecule has 8 heteroatoms. The van der Waals surface area contributed by atoms with Crippen molar-refractivity contribution in [3.63, 3.8) is 0 Å². The molecule has 0 unspecified atom stereocenters. The van der Waals surface area contributed by atoms with Crippen LogP contribution in [0, 0.1) is 0 Å². The van der Waals surface area contributed by atoms with Gasteiger partial charge in [0.25, 0.3) is 0 Å². The van der Waals surface area contributed by atoms with Gasteiger partial charge in [0.2, 0.25) is 0 Å². The Hall–Kier alpha value is 0.620. The summed E-state index contributed by atoms with van der Waals surface area (Å²) in [5, 5.41) is 0. The Morgan fingerprint density at radius 2 is 1.00 bits per heavy atom. The lowest BCUT2D eigenvalue weighted by atomic mass is 11.8. The molecule has 0 aromatic carbocycles. The first kappa shape index (κ1) is 14.2. The van der Waals surface area contributed by atoms with Crippen LogP contribution >= 0.6 is 17.2 Å². The first-order valence-electron chi connectivity index (χ1n) is 2.37. The first-order valence-corrected chi connectivity index (χ1v) is 4.67. The summed E-state index contributed by atoms with van der Waals surface area (Å²) in [7, 11) is 0.947. The molecule has 0 aromatic rings. The SMILES string of the molecule is COP(OC)OC.OP(O)O. The van der Waals surface area contributed by atoms with E-state index in [0.29, 0.717) is 0 Å². The van der Waals surface area contributed by atoms with Crippen molar-refractivity contribution in [1.29, 1.82) is 0 Å². The molecule has 0 fully saturated rings.